The Bertz CT molecular complexity index is 42.8. The molecule has 0 fully saturated rings. The zero-order chi connectivity index (χ0) is 4.83. The van der Waals surface area contributed by atoms with Crippen molar-refractivity contribution < 1.29 is 0 Å². The zero-order valence-electron chi connectivity index (χ0n) is 4.02. The van der Waals surface area contributed by atoms with Gasteiger partial charge in [-0.15, -0.1) is 9.24 Å². The smallest absolute Gasteiger partial charge is 0.0419 e. The molecule has 2 heteroatoms. The standard InChI is InChI=1S/C4H10NP/c1-2-5-3-4-6/h2H,3-4,6H2,1H3. The lowest BCUT2D eigenvalue weighted by molar-refractivity contribution is 1.15. The Hall–Kier alpha value is 0.100. The molecule has 0 aromatic carbocycles. The Morgan fingerprint density at radius 2 is 2.50 bits per heavy atom. The molecular weight excluding hydrogens is 93.0 g/mol. The zero-order valence-corrected chi connectivity index (χ0v) is 5.17. The van der Waals surface area contributed by atoms with E-state index in [1.807, 2.05) is 13.1 Å². The monoisotopic (exact) mass is 103 g/mol. The lowest BCUT2D eigenvalue weighted by Gasteiger charge is -1.77. The summed E-state index contributed by atoms with van der Waals surface area (Å²) >= 11 is 0. The lowest BCUT2D eigenvalue weighted by Crippen LogP contribution is -1.76. The van der Waals surface area contributed by atoms with E-state index in [1.165, 1.54) is 0 Å². The number of nitrogens with zero attached hydrogens (tertiary/aromatic N) is 1. The van der Waals surface area contributed by atoms with E-state index in [-0.39, 0.29) is 0 Å². The third kappa shape index (κ3) is 4.10. The molecule has 0 aliphatic carbocycles. The van der Waals surface area contributed by atoms with E-state index in [1.54, 1.807) is 0 Å². The van der Waals surface area contributed by atoms with Crippen LogP contribution in [0.5, 0.6) is 0 Å². The highest BCUT2D eigenvalue weighted by Crippen LogP contribution is 1.77. The van der Waals surface area contributed by atoms with Gasteiger partial charge in [-0.25, -0.2) is 0 Å². The van der Waals surface area contributed by atoms with Gasteiger partial charge in [-0.3, -0.25) is 4.99 Å². The number of hydrogen-bond acceptors (Lipinski definition) is 1. The van der Waals surface area contributed by atoms with Crippen molar-refractivity contribution in [1.82, 2.24) is 0 Å². The predicted molar refractivity (Wildman–Crippen MR) is 33.6 cm³/mol. The van der Waals surface area contributed by atoms with Gasteiger partial charge in [0.15, 0.2) is 0 Å². The molecule has 0 aliphatic heterocycles. The van der Waals surface area contributed by atoms with Gasteiger partial charge in [0.1, 0.15) is 0 Å². The quantitative estimate of drug-likeness (QED) is 0.364. The highest BCUT2D eigenvalue weighted by Gasteiger charge is 1.64. The first-order chi connectivity index (χ1) is 2.91. The Balaban J connectivity index is 2.66. The summed E-state index contributed by atoms with van der Waals surface area (Å²) in [5, 5.41) is 0. The maximum absolute atomic E-state index is 3.94. The van der Waals surface area contributed by atoms with Gasteiger partial charge in [-0.2, -0.15) is 0 Å². The van der Waals surface area contributed by atoms with Crippen molar-refractivity contribution in [2.24, 2.45) is 4.99 Å². The molecule has 1 atom stereocenters. The van der Waals surface area contributed by atoms with Crippen LogP contribution in [0.25, 0.3) is 0 Å². The molecule has 0 aliphatic rings. The summed E-state index contributed by atoms with van der Waals surface area (Å²) in [6, 6.07) is 0. The Labute approximate surface area is 41.1 Å². The number of hydrogen-bond donors (Lipinski definition) is 0. The fourth-order valence-electron chi connectivity index (χ4n) is 0.204. The first kappa shape index (κ1) is 6.10. The normalized spacial score (nSPS) is 10.3. The topological polar surface area (TPSA) is 12.4 Å². The second-order valence-electron chi connectivity index (χ2n) is 0.953. The molecule has 36 valence electrons. The minimum Gasteiger partial charge on any atom is -0.297 e. The van der Waals surface area contributed by atoms with E-state index in [0.29, 0.717) is 0 Å². The average molecular weight is 103 g/mol. The van der Waals surface area contributed by atoms with Gasteiger partial charge < -0.3 is 0 Å². The minimum absolute atomic E-state index is 0.946. The van der Waals surface area contributed by atoms with Gasteiger partial charge in [0.25, 0.3) is 0 Å². The van der Waals surface area contributed by atoms with Crippen molar-refractivity contribution in [3.63, 3.8) is 0 Å². The average Bonchev–Trinajstić information content (AvgIpc) is 1.61. The first-order valence-electron chi connectivity index (χ1n) is 2.06. The summed E-state index contributed by atoms with van der Waals surface area (Å²) in [6.07, 6.45) is 2.90. The van der Waals surface area contributed by atoms with Crippen LogP contribution in [0.2, 0.25) is 0 Å². The van der Waals surface area contributed by atoms with Gasteiger partial charge in [-0.1, -0.05) is 0 Å². The summed E-state index contributed by atoms with van der Waals surface area (Å²) in [7, 11) is 2.62. The summed E-state index contributed by atoms with van der Waals surface area (Å²) in [5.41, 5.74) is 0. The second kappa shape index (κ2) is 5.10. The van der Waals surface area contributed by atoms with E-state index in [2.05, 4.69) is 14.2 Å². The van der Waals surface area contributed by atoms with Gasteiger partial charge in [0.2, 0.25) is 0 Å². The number of rotatable bonds is 2. The molecule has 0 heterocycles. The molecular formula is C4H10NP. The van der Waals surface area contributed by atoms with E-state index in [0.717, 1.165) is 12.7 Å². The molecule has 0 rings (SSSR count). The Kier molecular flexibility index (Phi) is 5.18. The molecule has 0 radical (unpaired) electrons. The van der Waals surface area contributed by atoms with Crippen LogP contribution in [0.4, 0.5) is 0 Å². The van der Waals surface area contributed by atoms with Crippen LogP contribution >= 0.6 is 9.24 Å². The van der Waals surface area contributed by atoms with Crippen molar-refractivity contribution in [2.45, 2.75) is 6.92 Å². The van der Waals surface area contributed by atoms with Crippen LogP contribution in [0, 0.1) is 0 Å². The van der Waals surface area contributed by atoms with E-state index in [4.69, 9.17) is 0 Å². The molecule has 0 amide bonds. The maximum Gasteiger partial charge on any atom is 0.0419 e. The molecule has 0 saturated carbocycles. The molecule has 1 nitrogen and oxygen atoms in total. The first-order valence-corrected chi connectivity index (χ1v) is 2.88. The molecule has 0 spiro atoms. The van der Waals surface area contributed by atoms with E-state index >= 15 is 0 Å². The van der Waals surface area contributed by atoms with Crippen molar-refractivity contribution in [2.75, 3.05) is 12.7 Å². The molecule has 1 unspecified atom stereocenters. The van der Waals surface area contributed by atoms with Crippen LogP contribution in [0.15, 0.2) is 4.99 Å². The van der Waals surface area contributed by atoms with Gasteiger partial charge in [-0.05, 0) is 19.3 Å². The van der Waals surface area contributed by atoms with Gasteiger partial charge in [0.05, 0.1) is 0 Å². The fraction of sp³-hybridized carbons (Fsp3) is 0.750. The van der Waals surface area contributed by atoms with Crippen molar-refractivity contribution in [3.05, 3.63) is 0 Å². The summed E-state index contributed by atoms with van der Waals surface area (Å²) < 4.78 is 0. The predicted octanol–water partition coefficient (Wildman–Crippen LogP) is 0.952. The van der Waals surface area contributed by atoms with Gasteiger partial charge >= 0.3 is 0 Å². The highest BCUT2D eigenvalue weighted by atomic mass is 31.0. The van der Waals surface area contributed by atoms with Crippen LogP contribution in [0.3, 0.4) is 0 Å². The molecule has 0 N–H and O–H groups in total. The summed E-state index contributed by atoms with van der Waals surface area (Å²) in [4.78, 5) is 3.94. The molecule has 6 heavy (non-hydrogen) atoms. The molecule has 0 aromatic rings. The molecule has 0 saturated heterocycles. The Morgan fingerprint density at radius 1 is 1.83 bits per heavy atom. The van der Waals surface area contributed by atoms with Crippen LogP contribution in [-0.2, 0) is 0 Å². The molecule has 0 bridgehead atoms. The van der Waals surface area contributed by atoms with E-state index in [9.17, 15) is 0 Å². The minimum atomic E-state index is 0.946. The van der Waals surface area contributed by atoms with Crippen molar-refractivity contribution >= 4 is 15.5 Å². The van der Waals surface area contributed by atoms with Crippen LogP contribution in [-0.4, -0.2) is 18.9 Å². The second-order valence-corrected chi connectivity index (χ2v) is 1.53. The SMILES string of the molecule is CC=NCCP. The summed E-state index contributed by atoms with van der Waals surface area (Å²) in [6.45, 7) is 2.88. The highest BCUT2D eigenvalue weighted by molar-refractivity contribution is 7.16. The van der Waals surface area contributed by atoms with Gasteiger partial charge in [0, 0.05) is 6.54 Å². The van der Waals surface area contributed by atoms with E-state index < -0.39 is 0 Å². The summed E-state index contributed by atoms with van der Waals surface area (Å²) in [5.74, 6) is 0. The van der Waals surface area contributed by atoms with Crippen LogP contribution < -0.4 is 0 Å². The fourth-order valence-corrected chi connectivity index (χ4v) is 0.353. The molecule has 0 aromatic heterocycles. The number of aliphatic imine (C=N–C) groups is 1. The third-order valence-corrected chi connectivity index (χ3v) is 0.699. The largest absolute Gasteiger partial charge is 0.297 e. The maximum atomic E-state index is 3.94. The van der Waals surface area contributed by atoms with Crippen molar-refractivity contribution in [1.29, 1.82) is 0 Å². The van der Waals surface area contributed by atoms with Crippen molar-refractivity contribution in [3.8, 4) is 0 Å². The third-order valence-electron chi connectivity index (χ3n) is 0.441. The Morgan fingerprint density at radius 3 is 2.67 bits per heavy atom. The van der Waals surface area contributed by atoms with Crippen LogP contribution in [0.1, 0.15) is 6.92 Å². The lowest BCUT2D eigenvalue weighted by atomic mass is 10.7.